The fraction of sp³-hybridized carbons (Fsp3) is 0.571. The Balaban J connectivity index is 1.90. The number of aliphatic hydroxyl groups is 2. The second kappa shape index (κ2) is 5.15. The molecule has 0 unspecified atom stereocenters. The lowest BCUT2D eigenvalue weighted by Gasteiger charge is -2.52. The van der Waals surface area contributed by atoms with Crippen molar-refractivity contribution < 1.29 is 15.0 Å². The summed E-state index contributed by atoms with van der Waals surface area (Å²) < 4.78 is 0. The van der Waals surface area contributed by atoms with Crippen LogP contribution in [-0.2, 0) is 0 Å². The Kier molecular flexibility index (Phi) is 3.54. The van der Waals surface area contributed by atoms with Gasteiger partial charge in [0.15, 0.2) is 5.78 Å². The Morgan fingerprint density at radius 1 is 1.24 bits per heavy atom. The predicted octanol–water partition coefficient (Wildman–Crippen LogP) is 2.98. The van der Waals surface area contributed by atoms with Crippen LogP contribution in [0, 0.1) is 11.3 Å². The third-order valence-electron chi connectivity index (χ3n) is 7.07. The molecule has 0 saturated heterocycles. The van der Waals surface area contributed by atoms with Gasteiger partial charge in [0.2, 0.25) is 0 Å². The molecule has 0 aliphatic heterocycles. The van der Waals surface area contributed by atoms with Gasteiger partial charge in [-0.1, -0.05) is 56.9 Å². The van der Waals surface area contributed by atoms with Gasteiger partial charge in [-0.2, -0.15) is 0 Å². The number of carbonyl (C=O) groups excluding carboxylic acids is 1. The molecule has 1 saturated carbocycles. The van der Waals surface area contributed by atoms with Crippen LogP contribution in [0.1, 0.15) is 48.0 Å². The van der Waals surface area contributed by atoms with Gasteiger partial charge in [-0.15, -0.1) is 0 Å². The molecule has 1 aromatic rings. The lowest BCUT2D eigenvalue weighted by atomic mass is 9.56. The van der Waals surface area contributed by atoms with Gasteiger partial charge in [0, 0.05) is 29.2 Å². The van der Waals surface area contributed by atoms with Crippen molar-refractivity contribution in [3.05, 3.63) is 41.5 Å². The third-order valence-corrected chi connectivity index (χ3v) is 9.10. The highest BCUT2D eigenvalue weighted by atomic mass is 28.3. The van der Waals surface area contributed by atoms with E-state index in [1.165, 1.54) is 5.19 Å². The van der Waals surface area contributed by atoms with Crippen molar-refractivity contribution in [2.24, 2.45) is 11.3 Å². The van der Waals surface area contributed by atoms with Crippen molar-refractivity contribution in [3.63, 3.8) is 0 Å². The van der Waals surface area contributed by atoms with Crippen LogP contribution in [0.2, 0.25) is 19.6 Å². The maximum atomic E-state index is 13.1. The number of Topliss-reactive ketones (excluding diaryl/α,β-unsaturated/α-hetero) is 1. The van der Waals surface area contributed by atoms with Crippen LogP contribution in [0.3, 0.4) is 0 Å². The van der Waals surface area contributed by atoms with Crippen LogP contribution in [0.5, 0.6) is 0 Å². The zero-order chi connectivity index (χ0) is 18.2. The van der Waals surface area contributed by atoms with E-state index in [1.54, 1.807) is 0 Å². The monoisotopic (exact) mass is 356 g/mol. The lowest BCUT2D eigenvalue weighted by molar-refractivity contribution is -0.114. The number of hydrogen-bond donors (Lipinski definition) is 2. The molecule has 0 spiro atoms. The first kappa shape index (κ1) is 17.2. The van der Waals surface area contributed by atoms with Gasteiger partial charge in [0.1, 0.15) is 0 Å². The summed E-state index contributed by atoms with van der Waals surface area (Å²) in [6, 6.07) is 6.25. The molecule has 3 aliphatic carbocycles. The van der Waals surface area contributed by atoms with E-state index in [4.69, 9.17) is 0 Å². The molecule has 0 heterocycles. The molecule has 4 rings (SSSR count). The van der Waals surface area contributed by atoms with Gasteiger partial charge < -0.3 is 10.2 Å². The molecule has 2 N–H and O–H groups in total. The second-order valence-electron chi connectivity index (χ2n) is 9.40. The fourth-order valence-corrected chi connectivity index (χ4v) is 7.12. The summed E-state index contributed by atoms with van der Waals surface area (Å²) in [5.74, 6) is 0.0886. The smallest absolute Gasteiger partial charge is 0.163 e. The van der Waals surface area contributed by atoms with E-state index in [2.05, 4.69) is 43.9 Å². The van der Waals surface area contributed by atoms with E-state index in [0.717, 1.165) is 11.1 Å². The Morgan fingerprint density at radius 3 is 2.64 bits per heavy atom. The van der Waals surface area contributed by atoms with Crippen molar-refractivity contribution in [2.45, 2.75) is 63.5 Å². The molecular formula is C21H28O3Si. The lowest BCUT2D eigenvalue weighted by Crippen LogP contribution is -2.57. The van der Waals surface area contributed by atoms with E-state index >= 15 is 0 Å². The highest BCUT2D eigenvalue weighted by Gasteiger charge is 2.63. The number of allylic oxidation sites excluding steroid dienone is 1. The first-order valence-corrected chi connectivity index (χ1v) is 12.9. The maximum absolute atomic E-state index is 13.1. The summed E-state index contributed by atoms with van der Waals surface area (Å²) in [6.07, 6.45) is 5.16. The molecule has 0 amide bonds. The number of ketones is 1. The van der Waals surface area contributed by atoms with Crippen molar-refractivity contribution in [1.82, 2.24) is 0 Å². The molecule has 5 atom stereocenters. The summed E-state index contributed by atoms with van der Waals surface area (Å²) in [5.41, 5.74) is 0.337. The van der Waals surface area contributed by atoms with Gasteiger partial charge in [-0.05, 0) is 23.6 Å². The largest absolute Gasteiger partial charge is 0.392 e. The summed E-state index contributed by atoms with van der Waals surface area (Å²) in [4.78, 5) is 13.1. The number of carbonyl (C=O) groups is 1. The summed E-state index contributed by atoms with van der Waals surface area (Å²) >= 11 is 0. The molecule has 3 aliphatic rings. The SMILES string of the molecule is C[C@]12C=C[C@@H]3c4cccc([Si](C)(C)C)c4C(=O)C[C@H]3[C@@]1(O)CC[C@H]2O. The molecule has 0 radical (unpaired) electrons. The van der Waals surface area contributed by atoms with Gasteiger partial charge in [-0.25, -0.2) is 0 Å². The minimum Gasteiger partial charge on any atom is -0.392 e. The topological polar surface area (TPSA) is 57.5 Å². The average molecular weight is 357 g/mol. The normalized spacial score (nSPS) is 39.8. The molecule has 0 aromatic heterocycles. The average Bonchev–Trinajstić information content (AvgIpc) is 2.79. The molecule has 25 heavy (non-hydrogen) atoms. The number of hydrogen-bond acceptors (Lipinski definition) is 3. The van der Waals surface area contributed by atoms with Crippen LogP contribution in [0.25, 0.3) is 0 Å². The van der Waals surface area contributed by atoms with Crippen molar-refractivity contribution >= 4 is 19.0 Å². The molecule has 1 aromatic carbocycles. The van der Waals surface area contributed by atoms with Gasteiger partial charge in [-0.3, -0.25) is 4.79 Å². The molecule has 4 heteroatoms. The van der Waals surface area contributed by atoms with E-state index in [-0.39, 0.29) is 17.6 Å². The van der Waals surface area contributed by atoms with Gasteiger partial charge >= 0.3 is 0 Å². The Bertz CT molecular complexity index is 778. The highest BCUT2D eigenvalue weighted by Crippen LogP contribution is 2.60. The zero-order valence-electron chi connectivity index (χ0n) is 15.5. The number of fused-ring (bicyclic) bond motifs is 5. The summed E-state index contributed by atoms with van der Waals surface area (Å²) in [6.45, 7) is 8.76. The maximum Gasteiger partial charge on any atom is 0.163 e. The highest BCUT2D eigenvalue weighted by molar-refractivity contribution is 6.89. The van der Waals surface area contributed by atoms with E-state index in [0.29, 0.717) is 19.3 Å². The van der Waals surface area contributed by atoms with Crippen molar-refractivity contribution in [3.8, 4) is 0 Å². The van der Waals surface area contributed by atoms with E-state index in [1.807, 2.05) is 13.0 Å². The Labute approximate surface area is 150 Å². The minimum absolute atomic E-state index is 0.0624. The number of rotatable bonds is 1. The third kappa shape index (κ3) is 2.14. The van der Waals surface area contributed by atoms with Crippen LogP contribution in [0.4, 0.5) is 0 Å². The molecule has 134 valence electrons. The van der Waals surface area contributed by atoms with Gasteiger partial charge in [0.05, 0.1) is 19.8 Å². The van der Waals surface area contributed by atoms with Crippen molar-refractivity contribution in [2.75, 3.05) is 0 Å². The summed E-state index contributed by atoms with van der Waals surface area (Å²) in [7, 11) is -1.63. The fourth-order valence-electron chi connectivity index (χ4n) is 5.49. The molecule has 1 fully saturated rings. The first-order chi connectivity index (χ1) is 11.6. The molecule has 0 bridgehead atoms. The van der Waals surface area contributed by atoms with Gasteiger partial charge in [0.25, 0.3) is 0 Å². The van der Waals surface area contributed by atoms with E-state index in [9.17, 15) is 15.0 Å². The first-order valence-electron chi connectivity index (χ1n) is 9.36. The number of aliphatic hydroxyl groups excluding tert-OH is 1. The standard InChI is InChI=1S/C21H28O3Si/c1-20-10-8-13-14-6-5-7-17(25(2,3)4)19(14)16(22)12-15(13)21(20,24)11-9-18(20)23/h5-8,10,13,15,18,23-24H,9,11-12H2,1-4H3/t13-,15-,18-,20-,21+/m1/s1. The van der Waals surface area contributed by atoms with Crippen LogP contribution < -0.4 is 5.19 Å². The molecule has 3 nitrogen and oxygen atoms in total. The Hall–Kier alpha value is -1.23. The summed E-state index contributed by atoms with van der Waals surface area (Å²) in [5, 5.41) is 23.2. The minimum atomic E-state index is -1.63. The zero-order valence-corrected chi connectivity index (χ0v) is 16.5. The Morgan fingerprint density at radius 2 is 1.96 bits per heavy atom. The quantitative estimate of drug-likeness (QED) is 0.601. The van der Waals surface area contributed by atoms with E-state index < -0.39 is 25.2 Å². The van der Waals surface area contributed by atoms with Crippen LogP contribution in [-0.4, -0.2) is 35.8 Å². The second-order valence-corrected chi connectivity index (χ2v) is 14.4. The molecular weight excluding hydrogens is 328 g/mol. The van der Waals surface area contributed by atoms with Crippen LogP contribution >= 0.6 is 0 Å². The van der Waals surface area contributed by atoms with Crippen molar-refractivity contribution in [1.29, 1.82) is 0 Å². The predicted molar refractivity (Wildman–Crippen MR) is 102 cm³/mol. The number of benzene rings is 1. The van der Waals surface area contributed by atoms with Crippen LogP contribution in [0.15, 0.2) is 30.4 Å².